The quantitative estimate of drug-likeness (QED) is 0.588. The Kier molecular flexibility index (Phi) is 2.94. The first-order valence-electron chi connectivity index (χ1n) is 3.96. The van der Waals surface area contributed by atoms with Crippen LogP contribution in [0.15, 0.2) is 24.3 Å². The fourth-order valence-electron chi connectivity index (χ4n) is 0.914. The van der Waals surface area contributed by atoms with E-state index in [1.165, 1.54) is 0 Å². The van der Waals surface area contributed by atoms with E-state index in [0.717, 1.165) is 11.4 Å². The van der Waals surface area contributed by atoms with Crippen molar-refractivity contribution < 1.29 is 5.11 Å². The van der Waals surface area contributed by atoms with E-state index >= 15 is 0 Å². The van der Waals surface area contributed by atoms with E-state index in [2.05, 4.69) is 5.32 Å². The SMILES string of the molecule is CC(O)CNc1cccc(N)c1. The summed E-state index contributed by atoms with van der Waals surface area (Å²) < 4.78 is 0. The molecular formula is C9H14N2O. The molecule has 0 radical (unpaired) electrons. The number of nitrogens with two attached hydrogens (primary N) is 1. The third kappa shape index (κ3) is 2.80. The minimum atomic E-state index is -0.341. The number of rotatable bonds is 3. The molecule has 3 nitrogen and oxygen atoms in total. The molecule has 0 aliphatic carbocycles. The highest BCUT2D eigenvalue weighted by Crippen LogP contribution is 2.11. The van der Waals surface area contributed by atoms with E-state index in [9.17, 15) is 0 Å². The lowest BCUT2D eigenvalue weighted by Gasteiger charge is -2.08. The number of aliphatic hydroxyl groups is 1. The summed E-state index contributed by atoms with van der Waals surface area (Å²) in [7, 11) is 0. The first-order chi connectivity index (χ1) is 5.68. The fourth-order valence-corrected chi connectivity index (χ4v) is 0.914. The molecule has 1 atom stereocenters. The maximum atomic E-state index is 8.99. The standard InChI is InChI=1S/C9H14N2O/c1-7(12)6-11-9-4-2-3-8(10)5-9/h2-5,7,11-12H,6,10H2,1H3. The average Bonchev–Trinajstić information content (AvgIpc) is 2.01. The van der Waals surface area contributed by atoms with Crippen LogP contribution in [0.2, 0.25) is 0 Å². The number of hydrogen-bond acceptors (Lipinski definition) is 3. The van der Waals surface area contributed by atoms with Crippen LogP contribution in [0.1, 0.15) is 6.92 Å². The van der Waals surface area contributed by atoms with Gasteiger partial charge in [-0.3, -0.25) is 0 Å². The van der Waals surface area contributed by atoms with Gasteiger partial charge in [0.25, 0.3) is 0 Å². The van der Waals surface area contributed by atoms with Gasteiger partial charge in [-0.05, 0) is 25.1 Å². The van der Waals surface area contributed by atoms with Crippen molar-refractivity contribution in [3.63, 3.8) is 0 Å². The number of aliphatic hydroxyl groups excluding tert-OH is 1. The van der Waals surface area contributed by atoms with Crippen molar-refractivity contribution >= 4 is 11.4 Å². The lowest BCUT2D eigenvalue weighted by atomic mass is 10.3. The molecule has 0 amide bonds. The highest BCUT2D eigenvalue weighted by molar-refractivity contribution is 5.53. The van der Waals surface area contributed by atoms with Gasteiger partial charge in [0.2, 0.25) is 0 Å². The molecule has 0 bridgehead atoms. The molecule has 66 valence electrons. The Balaban J connectivity index is 2.52. The van der Waals surface area contributed by atoms with Gasteiger partial charge in [-0.15, -0.1) is 0 Å². The summed E-state index contributed by atoms with van der Waals surface area (Å²) >= 11 is 0. The monoisotopic (exact) mass is 166 g/mol. The molecule has 1 rings (SSSR count). The molecule has 0 aromatic heterocycles. The highest BCUT2D eigenvalue weighted by Gasteiger charge is 1.95. The molecule has 0 heterocycles. The topological polar surface area (TPSA) is 58.3 Å². The van der Waals surface area contributed by atoms with Crippen LogP contribution in [-0.4, -0.2) is 17.8 Å². The highest BCUT2D eigenvalue weighted by atomic mass is 16.3. The predicted octanol–water partition coefficient (Wildman–Crippen LogP) is 1.06. The zero-order valence-electron chi connectivity index (χ0n) is 7.12. The van der Waals surface area contributed by atoms with Crippen LogP contribution in [0.25, 0.3) is 0 Å². The minimum Gasteiger partial charge on any atom is -0.399 e. The van der Waals surface area contributed by atoms with Gasteiger partial charge in [-0.25, -0.2) is 0 Å². The maximum Gasteiger partial charge on any atom is 0.0684 e. The van der Waals surface area contributed by atoms with E-state index < -0.39 is 0 Å². The van der Waals surface area contributed by atoms with E-state index in [4.69, 9.17) is 10.8 Å². The van der Waals surface area contributed by atoms with E-state index in [0.29, 0.717) is 6.54 Å². The third-order valence-electron chi connectivity index (χ3n) is 1.49. The van der Waals surface area contributed by atoms with Crippen molar-refractivity contribution in [3.8, 4) is 0 Å². The molecular weight excluding hydrogens is 152 g/mol. The Morgan fingerprint density at radius 2 is 2.33 bits per heavy atom. The molecule has 4 N–H and O–H groups in total. The first kappa shape index (κ1) is 8.87. The molecule has 0 saturated carbocycles. The Morgan fingerprint density at radius 3 is 2.92 bits per heavy atom. The minimum absolute atomic E-state index is 0.341. The van der Waals surface area contributed by atoms with Crippen LogP contribution in [0.4, 0.5) is 11.4 Å². The lowest BCUT2D eigenvalue weighted by Crippen LogP contribution is -2.15. The Morgan fingerprint density at radius 1 is 1.58 bits per heavy atom. The van der Waals surface area contributed by atoms with Crippen LogP contribution in [-0.2, 0) is 0 Å². The van der Waals surface area contributed by atoms with Gasteiger partial charge in [0.15, 0.2) is 0 Å². The second-order valence-corrected chi connectivity index (χ2v) is 2.86. The number of nitrogens with one attached hydrogen (secondary N) is 1. The largest absolute Gasteiger partial charge is 0.399 e. The molecule has 1 aromatic carbocycles. The second kappa shape index (κ2) is 3.97. The molecule has 1 unspecified atom stereocenters. The van der Waals surface area contributed by atoms with Crippen molar-refractivity contribution in [3.05, 3.63) is 24.3 Å². The fraction of sp³-hybridized carbons (Fsp3) is 0.333. The maximum absolute atomic E-state index is 8.99. The van der Waals surface area contributed by atoms with Gasteiger partial charge >= 0.3 is 0 Å². The van der Waals surface area contributed by atoms with Crippen molar-refractivity contribution in [1.82, 2.24) is 0 Å². The van der Waals surface area contributed by atoms with Crippen molar-refractivity contribution in [1.29, 1.82) is 0 Å². The lowest BCUT2D eigenvalue weighted by molar-refractivity contribution is 0.208. The van der Waals surface area contributed by atoms with Gasteiger partial charge in [-0.1, -0.05) is 6.07 Å². The average molecular weight is 166 g/mol. The Bertz CT molecular complexity index is 248. The summed E-state index contributed by atoms with van der Waals surface area (Å²) in [5.74, 6) is 0. The molecule has 3 heteroatoms. The van der Waals surface area contributed by atoms with Crippen LogP contribution >= 0.6 is 0 Å². The number of anilines is 2. The van der Waals surface area contributed by atoms with Gasteiger partial charge < -0.3 is 16.2 Å². The van der Waals surface area contributed by atoms with E-state index in [1.807, 2.05) is 24.3 Å². The summed E-state index contributed by atoms with van der Waals surface area (Å²) in [5.41, 5.74) is 7.23. The molecule has 0 saturated heterocycles. The zero-order chi connectivity index (χ0) is 8.97. The van der Waals surface area contributed by atoms with Crippen molar-refractivity contribution in [2.45, 2.75) is 13.0 Å². The summed E-state index contributed by atoms with van der Waals surface area (Å²) in [4.78, 5) is 0. The van der Waals surface area contributed by atoms with Crippen molar-refractivity contribution in [2.75, 3.05) is 17.6 Å². The van der Waals surface area contributed by atoms with Crippen LogP contribution < -0.4 is 11.1 Å². The first-order valence-corrected chi connectivity index (χ1v) is 3.96. The second-order valence-electron chi connectivity index (χ2n) is 2.86. The molecule has 12 heavy (non-hydrogen) atoms. The van der Waals surface area contributed by atoms with E-state index in [1.54, 1.807) is 6.92 Å². The van der Waals surface area contributed by atoms with Gasteiger partial charge in [0, 0.05) is 17.9 Å². The summed E-state index contributed by atoms with van der Waals surface area (Å²) in [6.07, 6.45) is -0.341. The number of benzene rings is 1. The molecule has 1 aromatic rings. The van der Waals surface area contributed by atoms with E-state index in [-0.39, 0.29) is 6.10 Å². The van der Waals surface area contributed by atoms with Crippen LogP contribution in [0, 0.1) is 0 Å². The Hall–Kier alpha value is -1.22. The summed E-state index contributed by atoms with van der Waals surface area (Å²) in [6.45, 7) is 2.28. The van der Waals surface area contributed by atoms with Gasteiger partial charge in [-0.2, -0.15) is 0 Å². The molecule has 0 aliphatic rings. The Labute approximate surface area is 72.2 Å². The smallest absolute Gasteiger partial charge is 0.0684 e. The van der Waals surface area contributed by atoms with Gasteiger partial charge in [0.1, 0.15) is 0 Å². The third-order valence-corrected chi connectivity index (χ3v) is 1.49. The predicted molar refractivity (Wildman–Crippen MR) is 51.0 cm³/mol. The zero-order valence-corrected chi connectivity index (χ0v) is 7.12. The van der Waals surface area contributed by atoms with Crippen LogP contribution in [0.5, 0.6) is 0 Å². The number of hydrogen-bond donors (Lipinski definition) is 3. The molecule has 0 fully saturated rings. The van der Waals surface area contributed by atoms with Crippen molar-refractivity contribution in [2.24, 2.45) is 0 Å². The van der Waals surface area contributed by atoms with Crippen LogP contribution in [0.3, 0.4) is 0 Å². The summed E-state index contributed by atoms with van der Waals surface area (Å²) in [5, 5.41) is 12.0. The molecule has 0 aliphatic heterocycles. The summed E-state index contributed by atoms with van der Waals surface area (Å²) in [6, 6.07) is 7.45. The van der Waals surface area contributed by atoms with Gasteiger partial charge in [0.05, 0.1) is 6.10 Å². The normalized spacial score (nSPS) is 12.5. The number of nitrogen functional groups attached to an aromatic ring is 1. The molecule has 0 spiro atoms.